The second-order valence-electron chi connectivity index (χ2n) is 5.37. The van der Waals surface area contributed by atoms with Crippen LogP contribution >= 0.6 is 0 Å². The van der Waals surface area contributed by atoms with E-state index in [2.05, 4.69) is 18.6 Å². The van der Waals surface area contributed by atoms with Crippen molar-refractivity contribution in [2.75, 3.05) is 5.75 Å². The lowest BCUT2D eigenvalue weighted by molar-refractivity contribution is -0.137. The third kappa shape index (κ3) is 4.63. The lowest BCUT2D eigenvalue weighted by atomic mass is 9.88. The molecule has 1 saturated carbocycles. The van der Waals surface area contributed by atoms with Crippen molar-refractivity contribution in [3.63, 3.8) is 0 Å². The predicted octanol–water partition coefficient (Wildman–Crippen LogP) is 1.35. The Bertz CT molecular complexity index is 375. The van der Waals surface area contributed by atoms with E-state index in [9.17, 15) is 13.2 Å². The Balaban J connectivity index is 2.46. The van der Waals surface area contributed by atoms with E-state index in [-0.39, 0.29) is 30.1 Å². The fraction of sp³-hybridized carbons (Fsp3) is 0.909. The molecule has 1 aliphatic rings. The number of sulfonamides is 1. The summed E-state index contributed by atoms with van der Waals surface area (Å²) in [7, 11) is -3.35. The first kappa shape index (κ1) is 14.4. The minimum Gasteiger partial charge on any atom is -0.481 e. The second-order valence-corrected chi connectivity index (χ2v) is 7.24. The first-order chi connectivity index (χ1) is 7.73. The van der Waals surface area contributed by atoms with E-state index < -0.39 is 16.0 Å². The van der Waals surface area contributed by atoms with Gasteiger partial charge in [-0.25, -0.2) is 13.1 Å². The van der Waals surface area contributed by atoms with E-state index in [4.69, 9.17) is 5.11 Å². The van der Waals surface area contributed by atoms with Crippen molar-refractivity contribution >= 4 is 16.0 Å². The smallest absolute Gasteiger partial charge is 0.303 e. The number of hydrogen-bond acceptors (Lipinski definition) is 3. The van der Waals surface area contributed by atoms with Gasteiger partial charge < -0.3 is 5.11 Å². The minimum absolute atomic E-state index is 0.000131. The Labute approximate surface area is 103 Å². The third-order valence-corrected chi connectivity index (χ3v) is 4.85. The van der Waals surface area contributed by atoms with Gasteiger partial charge in [0.25, 0.3) is 0 Å². The zero-order chi connectivity index (χ0) is 13.1. The number of rotatable bonds is 6. The first-order valence-electron chi connectivity index (χ1n) is 5.95. The Kier molecular flexibility index (Phi) is 4.55. The third-order valence-electron chi connectivity index (χ3n) is 3.38. The number of carboxylic acids is 1. The average Bonchev–Trinajstić information content (AvgIpc) is 2.44. The quantitative estimate of drug-likeness (QED) is 0.757. The van der Waals surface area contributed by atoms with Gasteiger partial charge in [-0.1, -0.05) is 20.3 Å². The van der Waals surface area contributed by atoms with Crippen LogP contribution in [0.4, 0.5) is 0 Å². The van der Waals surface area contributed by atoms with Crippen LogP contribution in [0, 0.1) is 5.41 Å². The summed E-state index contributed by atoms with van der Waals surface area (Å²) >= 11 is 0. The molecule has 0 amide bonds. The van der Waals surface area contributed by atoms with Gasteiger partial charge in [0.15, 0.2) is 0 Å². The maximum atomic E-state index is 11.8. The summed E-state index contributed by atoms with van der Waals surface area (Å²) in [4.78, 5) is 10.3. The topological polar surface area (TPSA) is 83.5 Å². The Hall–Kier alpha value is -0.620. The van der Waals surface area contributed by atoms with Crippen LogP contribution in [0.1, 0.15) is 46.0 Å². The monoisotopic (exact) mass is 263 g/mol. The molecule has 17 heavy (non-hydrogen) atoms. The molecular weight excluding hydrogens is 242 g/mol. The van der Waals surface area contributed by atoms with Gasteiger partial charge in [-0.3, -0.25) is 4.79 Å². The average molecular weight is 263 g/mol. The summed E-state index contributed by atoms with van der Waals surface area (Å²) < 4.78 is 26.2. The van der Waals surface area contributed by atoms with Crippen molar-refractivity contribution in [2.45, 2.75) is 52.0 Å². The molecule has 0 aromatic rings. The van der Waals surface area contributed by atoms with Crippen LogP contribution in [0.15, 0.2) is 0 Å². The van der Waals surface area contributed by atoms with E-state index in [1.807, 2.05) is 0 Å². The Morgan fingerprint density at radius 1 is 1.47 bits per heavy atom. The van der Waals surface area contributed by atoms with Gasteiger partial charge >= 0.3 is 5.97 Å². The summed E-state index contributed by atoms with van der Waals surface area (Å²) in [5, 5.41) is 8.46. The number of nitrogens with one attached hydrogen (secondary N) is 1. The summed E-state index contributed by atoms with van der Waals surface area (Å²) in [6.07, 6.45) is 2.99. The molecule has 0 aromatic heterocycles. The number of carboxylic acid groups (broad SMARTS) is 1. The molecular formula is C11H21NO4S. The first-order valence-corrected chi connectivity index (χ1v) is 7.60. The summed E-state index contributed by atoms with van der Waals surface area (Å²) in [5.74, 6) is -1.06. The van der Waals surface area contributed by atoms with Crippen LogP contribution < -0.4 is 4.72 Å². The van der Waals surface area contributed by atoms with E-state index >= 15 is 0 Å². The van der Waals surface area contributed by atoms with Crippen LogP contribution in [-0.2, 0) is 14.8 Å². The van der Waals surface area contributed by atoms with Crippen molar-refractivity contribution in [2.24, 2.45) is 5.41 Å². The molecule has 1 atom stereocenters. The lowest BCUT2D eigenvalue weighted by Gasteiger charge is -2.27. The maximum absolute atomic E-state index is 11.8. The molecule has 0 spiro atoms. The molecule has 0 radical (unpaired) electrons. The van der Waals surface area contributed by atoms with Crippen LogP contribution in [0.5, 0.6) is 0 Å². The van der Waals surface area contributed by atoms with Crippen molar-refractivity contribution < 1.29 is 18.3 Å². The van der Waals surface area contributed by atoms with Gasteiger partial charge in [-0.2, -0.15) is 0 Å². The zero-order valence-electron chi connectivity index (χ0n) is 10.4. The van der Waals surface area contributed by atoms with Crippen molar-refractivity contribution in [3.8, 4) is 0 Å². The van der Waals surface area contributed by atoms with E-state index in [0.717, 1.165) is 19.3 Å². The molecule has 0 bridgehead atoms. The molecule has 0 saturated heterocycles. The predicted molar refractivity (Wildman–Crippen MR) is 65.2 cm³/mol. The van der Waals surface area contributed by atoms with Gasteiger partial charge in [0.1, 0.15) is 0 Å². The van der Waals surface area contributed by atoms with Crippen molar-refractivity contribution in [1.82, 2.24) is 4.72 Å². The molecule has 1 aliphatic carbocycles. The highest BCUT2D eigenvalue weighted by Crippen LogP contribution is 2.37. The Morgan fingerprint density at radius 3 is 2.59 bits per heavy atom. The van der Waals surface area contributed by atoms with Crippen molar-refractivity contribution in [3.05, 3.63) is 0 Å². The summed E-state index contributed by atoms with van der Waals surface area (Å²) in [5.41, 5.74) is -0.000131. The standard InChI is InChI=1S/C11H21NO4S/c1-11(2)7-3-5-9(11)12-17(15,16)8-4-6-10(13)14/h9,12H,3-8H2,1-2H3,(H,13,14). The summed E-state index contributed by atoms with van der Waals surface area (Å²) in [6.45, 7) is 4.12. The van der Waals surface area contributed by atoms with Gasteiger partial charge in [-0.05, 0) is 24.7 Å². The van der Waals surface area contributed by atoms with E-state index in [0.29, 0.717) is 0 Å². The molecule has 1 fully saturated rings. The fourth-order valence-electron chi connectivity index (χ4n) is 2.23. The molecule has 2 N–H and O–H groups in total. The van der Waals surface area contributed by atoms with Gasteiger partial charge in [0, 0.05) is 12.5 Å². The maximum Gasteiger partial charge on any atom is 0.303 e. The zero-order valence-corrected chi connectivity index (χ0v) is 11.2. The SMILES string of the molecule is CC1(C)CCCC1NS(=O)(=O)CCCC(=O)O. The highest BCUT2D eigenvalue weighted by atomic mass is 32.2. The molecule has 0 aromatic carbocycles. The van der Waals surface area contributed by atoms with Crippen LogP contribution in [0.25, 0.3) is 0 Å². The molecule has 6 heteroatoms. The highest BCUT2D eigenvalue weighted by Gasteiger charge is 2.36. The van der Waals surface area contributed by atoms with Gasteiger partial charge in [0.05, 0.1) is 5.75 Å². The molecule has 0 aliphatic heterocycles. The van der Waals surface area contributed by atoms with Gasteiger partial charge in [-0.15, -0.1) is 0 Å². The van der Waals surface area contributed by atoms with Crippen LogP contribution in [-0.4, -0.2) is 31.3 Å². The van der Waals surface area contributed by atoms with Crippen LogP contribution in [0.3, 0.4) is 0 Å². The highest BCUT2D eigenvalue weighted by molar-refractivity contribution is 7.89. The molecule has 100 valence electrons. The number of hydrogen-bond donors (Lipinski definition) is 2. The van der Waals surface area contributed by atoms with Gasteiger partial charge in [0.2, 0.25) is 10.0 Å². The van der Waals surface area contributed by atoms with Crippen molar-refractivity contribution in [1.29, 1.82) is 0 Å². The molecule has 1 unspecified atom stereocenters. The molecule has 1 rings (SSSR count). The molecule has 0 heterocycles. The largest absolute Gasteiger partial charge is 0.481 e. The van der Waals surface area contributed by atoms with Crippen LogP contribution in [0.2, 0.25) is 0 Å². The number of carbonyl (C=O) groups is 1. The fourth-order valence-corrected chi connectivity index (χ4v) is 3.75. The minimum atomic E-state index is -3.35. The number of aliphatic carboxylic acids is 1. The summed E-state index contributed by atoms with van der Waals surface area (Å²) in [6, 6.07) is -0.0164. The second kappa shape index (κ2) is 5.35. The lowest BCUT2D eigenvalue weighted by Crippen LogP contribution is -2.42. The normalized spacial score (nSPS) is 23.8. The Morgan fingerprint density at radius 2 is 2.12 bits per heavy atom. The molecule has 5 nitrogen and oxygen atoms in total. The van der Waals surface area contributed by atoms with E-state index in [1.165, 1.54) is 0 Å². The van der Waals surface area contributed by atoms with E-state index in [1.54, 1.807) is 0 Å².